The molecule has 0 fully saturated rings. The standard InChI is InChI=1S/C20H20ClNO5/c1-20(2)10-13-6-5-9-16(19(13)27-20)25-12-18(24)26-11-17(23)22-15-8-4-3-7-14(15)21/h3-9H,10-12H2,1-2H3,(H,22,23). The first-order valence-electron chi connectivity index (χ1n) is 8.48. The number of ether oxygens (including phenoxy) is 3. The van der Waals surface area contributed by atoms with Crippen molar-refractivity contribution < 1.29 is 23.8 Å². The largest absolute Gasteiger partial charge is 0.483 e. The van der Waals surface area contributed by atoms with Gasteiger partial charge >= 0.3 is 5.97 Å². The predicted molar refractivity (Wildman–Crippen MR) is 101 cm³/mol. The maximum absolute atomic E-state index is 11.9. The van der Waals surface area contributed by atoms with E-state index in [4.69, 9.17) is 25.8 Å². The molecule has 1 aliphatic rings. The third kappa shape index (κ3) is 4.92. The number of rotatable bonds is 6. The van der Waals surface area contributed by atoms with Crippen LogP contribution < -0.4 is 14.8 Å². The molecular formula is C20H20ClNO5. The zero-order chi connectivity index (χ0) is 19.4. The van der Waals surface area contributed by atoms with E-state index in [1.54, 1.807) is 30.3 Å². The van der Waals surface area contributed by atoms with E-state index in [1.807, 2.05) is 26.0 Å². The molecule has 0 aromatic heterocycles. The van der Waals surface area contributed by atoms with Gasteiger partial charge in [0.2, 0.25) is 0 Å². The number of hydrogen-bond acceptors (Lipinski definition) is 5. The predicted octanol–water partition coefficient (Wildman–Crippen LogP) is 3.61. The highest BCUT2D eigenvalue weighted by Gasteiger charge is 2.32. The lowest BCUT2D eigenvalue weighted by Gasteiger charge is -2.18. The number of carbonyl (C=O) groups excluding carboxylic acids is 2. The molecule has 1 aliphatic heterocycles. The van der Waals surface area contributed by atoms with Gasteiger partial charge in [-0.15, -0.1) is 0 Å². The van der Waals surface area contributed by atoms with Gasteiger partial charge in [-0.2, -0.15) is 0 Å². The number of halogens is 1. The molecule has 3 rings (SSSR count). The minimum absolute atomic E-state index is 0.306. The number of fused-ring (bicyclic) bond motifs is 1. The number of hydrogen-bond donors (Lipinski definition) is 1. The average Bonchev–Trinajstić information content (AvgIpc) is 2.94. The lowest BCUT2D eigenvalue weighted by atomic mass is 10.0. The molecule has 1 amide bonds. The molecule has 2 aromatic carbocycles. The van der Waals surface area contributed by atoms with Crippen molar-refractivity contribution in [3.05, 3.63) is 53.1 Å². The Hall–Kier alpha value is -2.73. The monoisotopic (exact) mass is 389 g/mol. The first-order valence-corrected chi connectivity index (χ1v) is 8.85. The van der Waals surface area contributed by atoms with E-state index in [0.29, 0.717) is 22.2 Å². The Morgan fingerprint density at radius 2 is 1.93 bits per heavy atom. The van der Waals surface area contributed by atoms with Crippen LogP contribution in [0.4, 0.5) is 5.69 Å². The highest BCUT2D eigenvalue weighted by molar-refractivity contribution is 6.33. The summed E-state index contributed by atoms with van der Waals surface area (Å²) >= 11 is 5.96. The summed E-state index contributed by atoms with van der Waals surface area (Å²) in [5.74, 6) is -0.0105. The molecule has 2 aromatic rings. The molecule has 0 unspecified atom stereocenters. The van der Waals surface area contributed by atoms with Crippen molar-refractivity contribution >= 4 is 29.2 Å². The van der Waals surface area contributed by atoms with Gasteiger partial charge < -0.3 is 19.5 Å². The summed E-state index contributed by atoms with van der Waals surface area (Å²) in [4.78, 5) is 23.7. The number of anilines is 1. The molecule has 1 N–H and O–H groups in total. The Labute approximate surface area is 162 Å². The Morgan fingerprint density at radius 3 is 2.70 bits per heavy atom. The highest BCUT2D eigenvalue weighted by atomic mass is 35.5. The molecular weight excluding hydrogens is 370 g/mol. The number of benzene rings is 2. The molecule has 1 heterocycles. The molecule has 142 valence electrons. The van der Waals surface area contributed by atoms with Crippen molar-refractivity contribution in [2.75, 3.05) is 18.5 Å². The molecule has 0 spiro atoms. The van der Waals surface area contributed by atoms with Crippen molar-refractivity contribution in [3.8, 4) is 11.5 Å². The van der Waals surface area contributed by atoms with Gasteiger partial charge in [0.1, 0.15) is 5.60 Å². The van der Waals surface area contributed by atoms with Crippen LogP contribution in [0.25, 0.3) is 0 Å². The SMILES string of the molecule is CC1(C)Cc2cccc(OCC(=O)OCC(=O)Nc3ccccc3Cl)c2O1. The number of amides is 1. The topological polar surface area (TPSA) is 73.9 Å². The van der Waals surface area contributed by atoms with Crippen LogP contribution in [0.15, 0.2) is 42.5 Å². The summed E-state index contributed by atoms with van der Waals surface area (Å²) in [5, 5.41) is 2.98. The summed E-state index contributed by atoms with van der Waals surface area (Å²) in [7, 11) is 0. The number of esters is 1. The number of nitrogens with one attached hydrogen (secondary N) is 1. The van der Waals surface area contributed by atoms with E-state index in [0.717, 1.165) is 12.0 Å². The van der Waals surface area contributed by atoms with Gasteiger partial charge in [-0.25, -0.2) is 4.79 Å². The average molecular weight is 390 g/mol. The first-order chi connectivity index (χ1) is 12.8. The van der Waals surface area contributed by atoms with Crippen molar-refractivity contribution in [2.24, 2.45) is 0 Å². The molecule has 0 saturated heterocycles. The van der Waals surface area contributed by atoms with Gasteiger partial charge in [0, 0.05) is 12.0 Å². The summed E-state index contributed by atoms with van der Waals surface area (Å²) < 4.78 is 16.3. The second kappa shape index (κ2) is 7.88. The highest BCUT2D eigenvalue weighted by Crippen LogP contribution is 2.41. The molecule has 7 heteroatoms. The van der Waals surface area contributed by atoms with Gasteiger partial charge in [-0.3, -0.25) is 4.79 Å². The van der Waals surface area contributed by atoms with Crippen molar-refractivity contribution in [1.82, 2.24) is 0 Å². The van der Waals surface area contributed by atoms with Crippen LogP contribution in [0, 0.1) is 0 Å². The molecule has 0 aliphatic carbocycles. The maximum atomic E-state index is 11.9. The molecule has 0 radical (unpaired) electrons. The summed E-state index contributed by atoms with van der Waals surface area (Å²) in [6, 6.07) is 12.3. The van der Waals surface area contributed by atoms with Gasteiger partial charge in [0.25, 0.3) is 5.91 Å². The van der Waals surface area contributed by atoms with Gasteiger partial charge in [-0.1, -0.05) is 35.9 Å². The van der Waals surface area contributed by atoms with Crippen LogP contribution in [-0.2, 0) is 20.7 Å². The zero-order valence-electron chi connectivity index (χ0n) is 15.1. The van der Waals surface area contributed by atoms with E-state index >= 15 is 0 Å². The maximum Gasteiger partial charge on any atom is 0.344 e. The summed E-state index contributed by atoms with van der Waals surface area (Å²) in [6.07, 6.45) is 0.770. The van der Waals surface area contributed by atoms with Crippen molar-refractivity contribution in [1.29, 1.82) is 0 Å². The fourth-order valence-corrected chi connectivity index (χ4v) is 2.96. The van der Waals surface area contributed by atoms with Crippen molar-refractivity contribution in [3.63, 3.8) is 0 Å². The quantitative estimate of drug-likeness (QED) is 0.764. The molecule has 0 bridgehead atoms. The minimum atomic E-state index is -0.654. The van der Waals surface area contributed by atoms with E-state index in [-0.39, 0.29) is 12.2 Å². The smallest absolute Gasteiger partial charge is 0.344 e. The lowest BCUT2D eigenvalue weighted by molar-refractivity contribution is -0.149. The Kier molecular flexibility index (Phi) is 5.56. The fourth-order valence-electron chi connectivity index (χ4n) is 2.77. The first kappa shape index (κ1) is 19.0. The molecule has 0 saturated carbocycles. The lowest BCUT2D eigenvalue weighted by Crippen LogP contribution is -2.25. The summed E-state index contributed by atoms with van der Waals surface area (Å²) in [5.41, 5.74) is 1.18. The normalized spacial score (nSPS) is 14.0. The summed E-state index contributed by atoms with van der Waals surface area (Å²) in [6.45, 7) is 3.23. The minimum Gasteiger partial charge on any atom is -0.483 e. The fraction of sp³-hybridized carbons (Fsp3) is 0.300. The molecule has 0 atom stereocenters. The van der Waals surface area contributed by atoms with E-state index < -0.39 is 18.5 Å². The Morgan fingerprint density at radius 1 is 1.15 bits per heavy atom. The van der Waals surface area contributed by atoms with Gasteiger partial charge in [0.15, 0.2) is 24.7 Å². The molecule has 6 nitrogen and oxygen atoms in total. The Bertz CT molecular complexity index is 865. The van der Waals surface area contributed by atoms with Crippen LogP contribution >= 0.6 is 11.6 Å². The van der Waals surface area contributed by atoms with Gasteiger partial charge in [-0.05, 0) is 32.0 Å². The van der Waals surface area contributed by atoms with Crippen LogP contribution in [0.2, 0.25) is 5.02 Å². The third-order valence-corrected chi connectivity index (χ3v) is 4.24. The van der Waals surface area contributed by atoms with E-state index in [9.17, 15) is 9.59 Å². The van der Waals surface area contributed by atoms with Crippen molar-refractivity contribution in [2.45, 2.75) is 25.9 Å². The van der Waals surface area contributed by atoms with Crippen LogP contribution in [0.3, 0.4) is 0 Å². The van der Waals surface area contributed by atoms with Gasteiger partial charge in [0.05, 0.1) is 10.7 Å². The zero-order valence-corrected chi connectivity index (χ0v) is 15.8. The Balaban J connectivity index is 1.48. The second-order valence-electron chi connectivity index (χ2n) is 6.76. The van der Waals surface area contributed by atoms with E-state index in [1.165, 1.54) is 0 Å². The third-order valence-electron chi connectivity index (χ3n) is 3.91. The van der Waals surface area contributed by atoms with Crippen LogP contribution in [-0.4, -0.2) is 30.7 Å². The molecule has 27 heavy (non-hydrogen) atoms. The van der Waals surface area contributed by atoms with E-state index in [2.05, 4.69) is 5.32 Å². The second-order valence-corrected chi connectivity index (χ2v) is 7.17. The van der Waals surface area contributed by atoms with Crippen LogP contribution in [0.1, 0.15) is 19.4 Å². The van der Waals surface area contributed by atoms with Crippen LogP contribution in [0.5, 0.6) is 11.5 Å². The number of carbonyl (C=O) groups is 2. The number of para-hydroxylation sites is 2.